The minimum atomic E-state index is -0.553. The number of hydrogen-bond donors (Lipinski definition) is 2. The number of amides is 1. The largest absolute Gasteiger partial charge is 0.359 e. The molecule has 0 aromatic heterocycles. The third kappa shape index (κ3) is 4.18. The van der Waals surface area contributed by atoms with Crippen LogP contribution in [0.2, 0.25) is 5.02 Å². The zero-order chi connectivity index (χ0) is 16.8. The molecular formula is C14H14ClN5O3. The Morgan fingerprint density at radius 2 is 2.17 bits per heavy atom. The smallest absolute Gasteiger partial charge is 0.271 e. The van der Waals surface area contributed by atoms with Crippen molar-refractivity contribution in [3.8, 4) is 6.07 Å². The van der Waals surface area contributed by atoms with Gasteiger partial charge in [-0.15, -0.1) is 0 Å². The average molecular weight is 336 g/mol. The van der Waals surface area contributed by atoms with Gasteiger partial charge in [0, 0.05) is 44.5 Å². The summed E-state index contributed by atoms with van der Waals surface area (Å²) in [5.41, 5.74) is 0.0217. The fraction of sp³-hybridized carbons (Fsp3) is 0.286. The molecule has 1 aromatic carbocycles. The highest BCUT2D eigenvalue weighted by Crippen LogP contribution is 2.26. The van der Waals surface area contributed by atoms with Crippen molar-refractivity contribution in [2.24, 2.45) is 0 Å². The lowest BCUT2D eigenvalue weighted by atomic mass is 10.2. The average Bonchev–Trinajstić information content (AvgIpc) is 2.57. The van der Waals surface area contributed by atoms with Crippen LogP contribution in [0.3, 0.4) is 0 Å². The number of nitrogens with zero attached hydrogens (tertiary/aromatic N) is 3. The topological polar surface area (TPSA) is 111 Å². The van der Waals surface area contributed by atoms with Crippen molar-refractivity contribution in [2.45, 2.75) is 0 Å². The number of non-ortho nitro benzene ring substituents is 1. The zero-order valence-electron chi connectivity index (χ0n) is 12.1. The SMILES string of the molecule is N#C/C(=C/Nc1cc([N+](=O)[O-])ccc1Cl)C(=O)N1CCNCC1. The maximum absolute atomic E-state index is 12.2. The van der Waals surface area contributed by atoms with Gasteiger partial charge in [-0.25, -0.2) is 0 Å². The van der Waals surface area contributed by atoms with Crippen LogP contribution < -0.4 is 10.6 Å². The van der Waals surface area contributed by atoms with E-state index >= 15 is 0 Å². The van der Waals surface area contributed by atoms with Crippen molar-refractivity contribution >= 4 is 28.9 Å². The van der Waals surface area contributed by atoms with Gasteiger partial charge in [0.2, 0.25) is 0 Å². The molecule has 1 saturated heterocycles. The Morgan fingerprint density at radius 1 is 1.48 bits per heavy atom. The second kappa shape index (κ2) is 7.58. The van der Waals surface area contributed by atoms with Crippen molar-refractivity contribution in [3.63, 3.8) is 0 Å². The Balaban J connectivity index is 2.16. The molecule has 8 nitrogen and oxygen atoms in total. The lowest BCUT2D eigenvalue weighted by molar-refractivity contribution is -0.384. The first kappa shape index (κ1) is 16.7. The molecule has 0 saturated carbocycles. The summed E-state index contributed by atoms with van der Waals surface area (Å²) in [4.78, 5) is 24.0. The van der Waals surface area contributed by atoms with Gasteiger partial charge in [-0.05, 0) is 6.07 Å². The molecule has 1 aliphatic rings. The molecule has 1 aliphatic heterocycles. The number of carbonyl (C=O) groups is 1. The second-order valence-electron chi connectivity index (χ2n) is 4.78. The predicted octanol–water partition coefficient (Wildman–Crippen LogP) is 1.50. The molecule has 0 unspecified atom stereocenters. The van der Waals surface area contributed by atoms with Crippen LogP contribution in [0.25, 0.3) is 0 Å². The molecule has 0 radical (unpaired) electrons. The number of halogens is 1. The van der Waals surface area contributed by atoms with Gasteiger partial charge >= 0.3 is 0 Å². The van der Waals surface area contributed by atoms with E-state index in [4.69, 9.17) is 16.9 Å². The van der Waals surface area contributed by atoms with Crippen molar-refractivity contribution in [1.29, 1.82) is 5.26 Å². The van der Waals surface area contributed by atoms with Crippen LogP contribution in [0.5, 0.6) is 0 Å². The van der Waals surface area contributed by atoms with Crippen LogP contribution in [0, 0.1) is 21.4 Å². The summed E-state index contributed by atoms with van der Waals surface area (Å²) in [6.45, 7) is 2.40. The lowest BCUT2D eigenvalue weighted by Crippen LogP contribution is -2.46. The quantitative estimate of drug-likeness (QED) is 0.373. The Kier molecular flexibility index (Phi) is 5.51. The van der Waals surface area contributed by atoms with E-state index < -0.39 is 4.92 Å². The molecule has 1 amide bonds. The summed E-state index contributed by atoms with van der Waals surface area (Å²) in [5, 5.41) is 26.0. The van der Waals surface area contributed by atoms with E-state index in [1.807, 2.05) is 6.07 Å². The third-order valence-corrected chi connectivity index (χ3v) is 3.62. The molecule has 9 heteroatoms. The Hall–Kier alpha value is -2.63. The molecule has 0 aliphatic carbocycles. The first-order chi connectivity index (χ1) is 11.0. The number of nitro groups is 1. The molecule has 1 heterocycles. The van der Waals surface area contributed by atoms with E-state index in [0.29, 0.717) is 26.2 Å². The molecule has 120 valence electrons. The molecule has 2 rings (SSSR count). The van der Waals surface area contributed by atoms with Gasteiger partial charge in [-0.1, -0.05) is 11.6 Å². The first-order valence-electron chi connectivity index (χ1n) is 6.83. The number of nitro benzene ring substituents is 1. The summed E-state index contributed by atoms with van der Waals surface area (Å²) in [6.07, 6.45) is 1.22. The third-order valence-electron chi connectivity index (χ3n) is 3.29. The van der Waals surface area contributed by atoms with Crippen LogP contribution in [-0.4, -0.2) is 41.9 Å². The Morgan fingerprint density at radius 3 is 2.78 bits per heavy atom. The van der Waals surface area contributed by atoms with Crippen LogP contribution in [0.4, 0.5) is 11.4 Å². The van der Waals surface area contributed by atoms with Crippen LogP contribution in [-0.2, 0) is 4.79 Å². The van der Waals surface area contributed by atoms with Crippen molar-refractivity contribution < 1.29 is 9.72 Å². The van der Waals surface area contributed by atoms with Gasteiger partial charge in [0.05, 0.1) is 15.6 Å². The highest BCUT2D eigenvalue weighted by Gasteiger charge is 2.20. The van der Waals surface area contributed by atoms with Crippen LogP contribution in [0.1, 0.15) is 0 Å². The molecule has 1 aromatic rings. The summed E-state index contributed by atoms with van der Waals surface area (Å²) < 4.78 is 0. The van der Waals surface area contributed by atoms with Gasteiger partial charge in [0.1, 0.15) is 11.6 Å². The number of nitrogens with one attached hydrogen (secondary N) is 2. The highest BCUT2D eigenvalue weighted by atomic mass is 35.5. The first-order valence-corrected chi connectivity index (χ1v) is 7.21. The lowest BCUT2D eigenvalue weighted by Gasteiger charge is -2.27. The zero-order valence-corrected chi connectivity index (χ0v) is 12.8. The van der Waals surface area contributed by atoms with Gasteiger partial charge in [-0.3, -0.25) is 14.9 Å². The van der Waals surface area contributed by atoms with E-state index in [2.05, 4.69) is 10.6 Å². The minimum absolute atomic E-state index is 0.0885. The number of rotatable bonds is 4. The summed E-state index contributed by atoms with van der Waals surface area (Å²) in [6, 6.07) is 5.72. The van der Waals surface area contributed by atoms with Crippen molar-refractivity contribution in [2.75, 3.05) is 31.5 Å². The Bertz CT molecular complexity index is 692. The summed E-state index contributed by atoms with van der Waals surface area (Å²) in [5.74, 6) is -0.386. The Labute approximate surface area is 137 Å². The molecule has 0 spiro atoms. The molecule has 2 N–H and O–H groups in total. The monoisotopic (exact) mass is 335 g/mol. The number of nitriles is 1. The maximum Gasteiger partial charge on any atom is 0.271 e. The molecule has 0 bridgehead atoms. The van der Waals surface area contributed by atoms with Crippen molar-refractivity contribution in [1.82, 2.24) is 10.2 Å². The number of hydrogen-bond acceptors (Lipinski definition) is 6. The van der Waals surface area contributed by atoms with E-state index in [1.165, 1.54) is 24.4 Å². The second-order valence-corrected chi connectivity index (χ2v) is 5.18. The molecular weight excluding hydrogens is 322 g/mol. The molecule has 23 heavy (non-hydrogen) atoms. The van der Waals surface area contributed by atoms with Gasteiger partial charge in [0.25, 0.3) is 11.6 Å². The maximum atomic E-state index is 12.2. The summed E-state index contributed by atoms with van der Waals surface area (Å²) >= 11 is 5.95. The fourth-order valence-corrected chi connectivity index (χ4v) is 2.24. The number of piperazine rings is 1. The number of carbonyl (C=O) groups excluding carboxylic acids is 1. The van der Waals surface area contributed by atoms with E-state index in [0.717, 1.165) is 0 Å². The summed E-state index contributed by atoms with van der Waals surface area (Å²) in [7, 11) is 0. The predicted molar refractivity (Wildman–Crippen MR) is 84.9 cm³/mol. The van der Waals surface area contributed by atoms with Crippen LogP contribution in [0.15, 0.2) is 30.0 Å². The van der Waals surface area contributed by atoms with Gasteiger partial charge < -0.3 is 15.5 Å². The van der Waals surface area contributed by atoms with E-state index in [9.17, 15) is 14.9 Å². The molecule has 0 atom stereocenters. The standard InChI is InChI=1S/C14H14ClN5O3/c15-12-2-1-11(20(22)23)7-13(12)18-9-10(8-16)14(21)19-5-3-17-4-6-19/h1-2,7,9,17-18H,3-6H2/b10-9-. The highest BCUT2D eigenvalue weighted by molar-refractivity contribution is 6.33. The van der Waals surface area contributed by atoms with E-state index in [-0.39, 0.29) is 27.9 Å². The van der Waals surface area contributed by atoms with Crippen molar-refractivity contribution in [3.05, 3.63) is 45.1 Å². The van der Waals surface area contributed by atoms with Gasteiger partial charge in [-0.2, -0.15) is 5.26 Å². The van der Waals surface area contributed by atoms with Gasteiger partial charge in [0.15, 0.2) is 0 Å². The number of benzene rings is 1. The molecule has 1 fully saturated rings. The number of anilines is 1. The normalized spacial score (nSPS) is 15.0. The van der Waals surface area contributed by atoms with E-state index in [1.54, 1.807) is 4.90 Å². The van der Waals surface area contributed by atoms with Crippen LogP contribution >= 0.6 is 11.6 Å². The minimum Gasteiger partial charge on any atom is -0.359 e. The fourth-order valence-electron chi connectivity index (χ4n) is 2.07.